The second kappa shape index (κ2) is 16.4. The third-order valence-electron chi connectivity index (χ3n) is 10.4. The van der Waals surface area contributed by atoms with Gasteiger partial charge in [0.2, 0.25) is 17.6 Å². The van der Waals surface area contributed by atoms with Crippen LogP contribution < -0.4 is 21.3 Å². The molecule has 1 spiro atoms. The van der Waals surface area contributed by atoms with Gasteiger partial charge in [0.15, 0.2) is 9.84 Å². The van der Waals surface area contributed by atoms with Crippen LogP contribution in [0.25, 0.3) is 0 Å². The van der Waals surface area contributed by atoms with E-state index < -0.39 is 77.3 Å². The van der Waals surface area contributed by atoms with Crippen LogP contribution in [-0.2, 0) is 29.0 Å². The molecular formula is C36H59N5O7S3. The number of urea groups is 1. The molecule has 2 heterocycles. The number of thioether (sulfide) groups is 2. The molecule has 4 N–H and O–H groups in total. The third kappa shape index (κ3) is 10.7. The van der Waals surface area contributed by atoms with Crippen LogP contribution in [0.15, 0.2) is 12.7 Å². The molecule has 4 aliphatic rings. The zero-order valence-corrected chi connectivity index (χ0v) is 33.7. The van der Waals surface area contributed by atoms with Crippen molar-refractivity contribution in [3.8, 4) is 0 Å². The lowest BCUT2D eigenvalue weighted by atomic mass is 9.83. The van der Waals surface area contributed by atoms with Crippen LogP contribution in [0.3, 0.4) is 0 Å². The summed E-state index contributed by atoms with van der Waals surface area (Å²) in [4.78, 5) is 70.1. The van der Waals surface area contributed by atoms with Crippen LogP contribution in [-0.4, -0.2) is 106 Å². The Morgan fingerprint density at radius 3 is 2.12 bits per heavy atom. The van der Waals surface area contributed by atoms with Crippen LogP contribution >= 0.6 is 23.5 Å². The number of carbonyl (C=O) groups excluding carboxylic acids is 5. The van der Waals surface area contributed by atoms with Gasteiger partial charge in [-0.05, 0) is 69.3 Å². The van der Waals surface area contributed by atoms with Gasteiger partial charge in [0.25, 0.3) is 5.91 Å². The minimum atomic E-state index is -3.57. The van der Waals surface area contributed by atoms with Crippen molar-refractivity contribution in [2.45, 2.75) is 138 Å². The Hall–Kier alpha value is -2.26. The SMILES string of the molecule is C=CCNC(=O)C(=O)[C@H](CC1CC1)NC(=O)[C@@H]1CC2(CN1C(=O)[C@@H](NC(=O)NC1(CS(=O)(=O)C(C)(C)C)CCCCC1)C(C)(C)C)SCCCS2. The van der Waals surface area contributed by atoms with Crippen molar-refractivity contribution in [1.82, 2.24) is 26.2 Å². The molecule has 4 rings (SSSR count). The molecule has 51 heavy (non-hydrogen) atoms. The Morgan fingerprint density at radius 1 is 0.941 bits per heavy atom. The Labute approximate surface area is 312 Å². The maximum atomic E-state index is 14.7. The van der Waals surface area contributed by atoms with Crippen molar-refractivity contribution in [1.29, 1.82) is 0 Å². The van der Waals surface area contributed by atoms with Gasteiger partial charge in [-0.3, -0.25) is 19.2 Å². The van der Waals surface area contributed by atoms with E-state index in [-0.39, 0.29) is 24.8 Å². The van der Waals surface area contributed by atoms with E-state index in [0.717, 1.165) is 50.0 Å². The number of nitrogens with zero attached hydrogens (tertiary/aromatic N) is 1. The van der Waals surface area contributed by atoms with Crippen molar-refractivity contribution in [2.24, 2.45) is 11.3 Å². The molecule has 12 nitrogen and oxygen atoms in total. The van der Waals surface area contributed by atoms with Gasteiger partial charge in [-0.1, -0.05) is 59.0 Å². The second-order valence-corrected chi connectivity index (χ2v) is 22.8. The van der Waals surface area contributed by atoms with Crippen molar-refractivity contribution in [3.05, 3.63) is 12.7 Å². The lowest BCUT2D eigenvalue weighted by molar-refractivity contribution is -0.143. The number of rotatable bonds is 13. The van der Waals surface area contributed by atoms with E-state index in [1.807, 2.05) is 20.8 Å². The molecule has 15 heteroatoms. The maximum absolute atomic E-state index is 14.7. The van der Waals surface area contributed by atoms with Crippen LogP contribution in [0.1, 0.15) is 106 Å². The number of likely N-dealkylation sites (tertiary alicyclic amines) is 1. The lowest BCUT2D eigenvalue weighted by Gasteiger charge is -2.41. The molecule has 3 atom stereocenters. The number of carbonyl (C=O) groups is 5. The molecule has 2 saturated heterocycles. The zero-order chi connectivity index (χ0) is 37.8. The van der Waals surface area contributed by atoms with Gasteiger partial charge in [0, 0.05) is 19.5 Å². The lowest BCUT2D eigenvalue weighted by Crippen LogP contribution is -2.63. The predicted molar refractivity (Wildman–Crippen MR) is 204 cm³/mol. The summed E-state index contributed by atoms with van der Waals surface area (Å²) in [7, 11) is -3.57. The highest BCUT2D eigenvalue weighted by molar-refractivity contribution is 8.18. The number of hydrogen-bond donors (Lipinski definition) is 4. The normalized spacial score (nSPS) is 23.1. The van der Waals surface area contributed by atoms with Crippen LogP contribution in [0, 0.1) is 11.3 Å². The molecule has 2 aliphatic carbocycles. The molecule has 0 unspecified atom stereocenters. The monoisotopic (exact) mass is 769 g/mol. The molecule has 0 bridgehead atoms. The number of hydrogen-bond acceptors (Lipinski definition) is 9. The minimum absolute atomic E-state index is 0.124. The summed E-state index contributed by atoms with van der Waals surface area (Å²) in [5.41, 5.74) is -1.74. The Kier molecular flexibility index (Phi) is 13.3. The van der Waals surface area contributed by atoms with Gasteiger partial charge >= 0.3 is 6.03 Å². The first-order chi connectivity index (χ1) is 23.7. The molecule has 5 amide bonds. The smallest absolute Gasteiger partial charge is 0.315 e. The molecule has 288 valence electrons. The van der Waals surface area contributed by atoms with Gasteiger partial charge in [0.05, 0.1) is 26.2 Å². The average Bonchev–Trinajstić information content (AvgIpc) is 3.79. The van der Waals surface area contributed by atoms with Crippen molar-refractivity contribution >= 4 is 62.9 Å². The van der Waals surface area contributed by atoms with Gasteiger partial charge in [-0.2, -0.15) is 0 Å². The van der Waals surface area contributed by atoms with Crippen LogP contribution in [0.5, 0.6) is 0 Å². The highest BCUT2D eigenvalue weighted by atomic mass is 32.2. The van der Waals surface area contributed by atoms with E-state index in [0.29, 0.717) is 25.7 Å². The first-order valence-electron chi connectivity index (χ1n) is 18.3. The Bertz CT molecular complexity index is 1440. The third-order valence-corrected chi connectivity index (χ3v) is 16.5. The summed E-state index contributed by atoms with van der Waals surface area (Å²) >= 11 is 3.46. The fourth-order valence-corrected chi connectivity index (χ4v) is 11.9. The summed E-state index contributed by atoms with van der Waals surface area (Å²) in [6.45, 7) is 14.5. The zero-order valence-electron chi connectivity index (χ0n) is 31.2. The van der Waals surface area contributed by atoms with Crippen molar-refractivity contribution in [3.63, 3.8) is 0 Å². The summed E-state index contributed by atoms with van der Waals surface area (Å²) in [6.07, 6.45) is 8.58. The Balaban J connectivity index is 1.58. The van der Waals surface area contributed by atoms with Crippen LogP contribution in [0.4, 0.5) is 4.79 Å². The van der Waals surface area contributed by atoms with Crippen LogP contribution in [0.2, 0.25) is 0 Å². The molecule has 4 fully saturated rings. The highest BCUT2D eigenvalue weighted by Gasteiger charge is 2.53. The van der Waals surface area contributed by atoms with Crippen molar-refractivity contribution < 1.29 is 32.4 Å². The number of nitrogens with one attached hydrogen (secondary N) is 4. The molecule has 2 saturated carbocycles. The quantitative estimate of drug-likeness (QED) is 0.160. The summed E-state index contributed by atoms with van der Waals surface area (Å²) < 4.78 is 25.3. The highest BCUT2D eigenvalue weighted by Crippen LogP contribution is 2.51. The number of Topliss-reactive ketones (excluding diaryl/α,β-unsaturated/α-hetero) is 1. The van der Waals surface area contributed by atoms with E-state index in [1.165, 1.54) is 6.08 Å². The topological polar surface area (TPSA) is 171 Å². The van der Waals surface area contributed by atoms with Gasteiger partial charge < -0.3 is 26.2 Å². The standard InChI is InChI=1S/C36H59N5O7S3/c1-8-17-37-30(44)27(42)25(20-24-13-14-24)38-29(43)26-21-36(49-18-12-19-50-36)22-41(26)31(45)28(33(2,3)4)39-32(46)40-35(15-10-9-11-16-35)23-51(47,48)34(5,6)7/h8,24-26,28H,1,9-23H2,2-7H3,(H,37,44)(H,38,43)(H2,39,40,46)/t25-,26-,28+/m0/s1. The predicted octanol–water partition coefficient (Wildman–Crippen LogP) is 3.94. The number of amides is 5. The van der Waals surface area contributed by atoms with E-state index in [9.17, 15) is 32.4 Å². The molecule has 0 aromatic carbocycles. The molecule has 0 aromatic rings. The summed E-state index contributed by atoms with van der Waals surface area (Å²) in [6, 6.07) is -3.60. The van der Waals surface area contributed by atoms with E-state index in [4.69, 9.17) is 0 Å². The first kappa shape index (κ1) is 41.5. The average molecular weight is 770 g/mol. The molecular weight excluding hydrogens is 711 g/mol. The largest absolute Gasteiger partial charge is 0.346 e. The number of ketones is 1. The van der Waals surface area contributed by atoms with E-state index >= 15 is 0 Å². The maximum Gasteiger partial charge on any atom is 0.315 e. The van der Waals surface area contributed by atoms with E-state index in [1.54, 1.807) is 49.2 Å². The Morgan fingerprint density at radius 2 is 1.57 bits per heavy atom. The number of sulfone groups is 1. The minimum Gasteiger partial charge on any atom is -0.346 e. The van der Waals surface area contributed by atoms with E-state index in [2.05, 4.69) is 27.8 Å². The van der Waals surface area contributed by atoms with Gasteiger partial charge in [-0.15, -0.1) is 30.1 Å². The second-order valence-electron chi connectivity index (χ2n) is 16.9. The molecule has 2 aliphatic heterocycles. The van der Waals surface area contributed by atoms with Gasteiger partial charge in [0.1, 0.15) is 12.1 Å². The fourth-order valence-electron chi connectivity index (χ4n) is 7.06. The molecule has 0 radical (unpaired) electrons. The molecule has 0 aromatic heterocycles. The van der Waals surface area contributed by atoms with Gasteiger partial charge in [-0.25, -0.2) is 13.2 Å². The fraction of sp³-hybridized carbons (Fsp3) is 0.806. The first-order valence-corrected chi connectivity index (χ1v) is 22.0. The summed E-state index contributed by atoms with van der Waals surface area (Å²) in [5.74, 6) is -0.602. The van der Waals surface area contributed by atoms with Crippen molar-refractivity contribution in [2.75, 3.05) is 30.3 Å². The summed E-state index contributed by atoms with van der Waals surface area (Å²) in [5, 5.41) is 11.3.